The summed E-state index contributed by atoms with van der Waals surface area (Å²) in [5, 5.41) is 15.3. The number of anilines is 1. The molecular weight excluding hydrogens is 620 g/mol. The first kappa shape index (κ1) is 36.9. The Morgan fingerprint density at radius 3 is 1.87 bits per heavy atom. The summed E-state index contributed by atoms with van der Waals surface area (Å²) in [6.07, 6.45) is 0. The molecule has 0 saturated carbocycles. The number of carboxylic acids is 1. The van der Waals surface area contributed by atoms with Crippen LogP contribution in [0, 0.1) is 12.8 Å². The molecule has 1 heterocycles. The van der Waals surface area contributed by atoms with Crippen LogP contribution in [0.25, 0.3) is 22.1 Å². The van der Waals surface area contributed by atoms with E-state index >= 15 is 0 Å². The molecule has 11 nitrogen and oxygen atoms in total. The number of aryl methyl sites for hydroxylation is 1. The van der Waals surface area contributed by atoms with Gasteiger partial charge in [0.05, 0.1) is 10.5 Å². The summed E-state index contributed by atoms with van der Waals surface area (Å²) in [4.78, 5) is 39.0. The number of amides is 2. The fourth-order valence-corrected chi connectivity index (χ4v) is 6.32. The topological polar surface area (TPSA) is 158 Å². The van der Waals surface area contributed by atoms with Gasteiger partial charge in [-0.3, -0.25) is 14.4 Å². The fraction of sp³-hybridized carbons (Fsp3) is 0.343. The van der Waals surface area contributed by atoms with Gasteiger partial charge in [0, 0.05) is 23.7 Å². The van der Waals surface area contributed by atoms with Crippen molar-refractivity contribution in [3.63, 3.8) is 0 Å². The molecule has 0 fully saturated rings. The normalized spacial score (nSPS) is 12.0. The summed E-state index contributed by atoms with van der Waals surface area (Å²) in [6.45, 7) is 15.1. The number of carbonyl (C=O) groups excluding carboxylic acids is 2. The number of carbonyl (C=O) groups is 3. The van der Waals surface area contributed by atoms with Crippen LogP contribution in [-0.4, -0.2) is 68.9 Å². The minimum absolute atomic E-state index is 0.0483. The molecular formula is C35H44N4O7S. The fourth-order valence-electron chi connectivity index (χ4n) is 4.98. The molecule has 1 atom stereocenters. The maximum absolute atomic E-state index is 13.0. The molecule has 0 saturated heterocycles. The van der Waals surface area contributed by atoms with Gasteiger partial charge in [-0.15, -0.1) is 0 Å². The molecule has 0 aliphatic rings. The Bertz CT molecular complexity index is 1790. The van der Waals surface area contributed by atoms with Crippen molar-refractivity contribution in [2.75, 3.05) is 32.0 Å². The van der Waals surface area contributed by atoms with Crippen molar-refractivity contribution < 1.29 is 32.3 Å². The molecule has 252 valence electrons. The third kappa shape index (κ3) is 9.06. The predicted octanol–water partition coefficient (Wildman–Crippen LogP) is 5.76. The average Bonchev–Trinajstić information content (AvgIpc) is 3.41. The summed E-state index contributed by atoms with van der Waals surface area (Å²) < 4.78 is 33.3. The molecule has 4 aromatic rings. The molecule has 2 amide bonds. The molecule has 0 unspecified atom stereocenters. The van der Waals surface area contributed by atoms with Crippen LogP contribution < -0.4 is 15.4 Å². The smallest absolute Gasteiger partial charge is 0.322 e. The lowest BCUT2D eigenvalue weighted by Gasteiger charge is -2.18. The minimum Gasteiger partial charge on any atom is -0.480 e. The van der Waals surface area contributed by atoms with Crippen molar-refractivity contribution in [3.8, 4) is 11.1 Å². The van der Waals surface area contributed by atoms with E-state index < -0.39 is 33.9 Å². The number of sulfonamides is 1. The highest BCUT2D eigenvalue weighted by atomic mass is 32.2. The van der Waals surface area contributed by atoms with Crippen LogP contribution in [0.3, 0.4) is 0 Å². The molecule has 0 radical (unpaired) electrons. The second kappa shape index (κ2) is 16.3. The standard InChI is InChI=1S/C29H29N3O7S.C6H15N/c1-16(2)25(29(35)36)32-40(37,38)21-14-10-19(11-15-21)18-8-12-20(13-9-18)31-28(34)26-17(3)24-22(27(33)30-4)6-5-7-23(24)39-26;1-4-7(5-2)6-3/h5-16,25,32H,1-4H3,(H,30,33)(H,31,34)(H,35,36);4-6H2,1-3H3/t25-;/m0./s1. The molecule has 0 bridgehead atoms. The van der Waals surface area contributed by atoms with Gasteiger partial charge in [0.2, 0.25) is 10.0 Å². The highest BCUT2D eigenvalue weighted by molar-refractivity contribution is 7.89. The monoisotopic (exact) mass is 664 g/mol. The summed E-state index contributed by atoms with van der Waals surface area (Å²) in [5.74, 6) is -2.32. The molecule has 3 aromatic carbocycles. The maximum atomic E-state index is 13.0. The van der Waals surface area contributed by atoms with E-state index in [4.69, 9.17) is 4.42 Å². The summed E-state index contributed by atoms with van der Waals surface area (Å²) >= 11 is 0. The number of benzene rings is 3. The van der Waals surface area contributed by atoms with E-state index in [2.05, 4.69) is 41.0 Å². The third-order valence-electron chi connectivity index (χ3n) is 7.83. The second-order valence-corrected chi connectivity index (χ2v) is 12.9. The molecule has 12 heteroatoms. The van der Waals surface area contributed by atoms with E-state index in [1.807, 2.05) is 0 Å². The predicted molar refractivity (Wildman–Crippen MR) is 184 cm³/mol. The summed E-state index contributed by atoms with van der Waals surface area (Å²) in [7, 11) is -2.49. The average molecular weight is 665 g/mol. The number of hydrogen-bond donors (Lipinski definition) is 4. The van der Waals surface area contributed by atoms with Gasteiger partial charge in [0.1, 0.15) is 11.6 Å². The zero-order valence-corrected chi connectivity index (χ0v) is 28.7. The molecule has 0 aliphatic carbocycles. The van der Waals surface area contributed by atoms with Crippen molar-refractivity contribution in [2.24, 2.45) is 5.92 Å². The van der Waals surface area contributed by atoms with Gasteiger partial charge in [-0.1, -0.05) is 65.0 Å². The van der Waals surface area contributed by atoms with Gasteiger partial charge in [0.25, 0.3) is 11.8 Å². The number of hydrogen-bond acceptors (Lipinski definition) is 7. The highest BCUT2D eigenvalue weighted by Gasteiger charge is 2.28. The zero-order valence-electron chi connectivity index (χ0n) is 27.9. The first-order valence-corrected chi connectivity index (χ1v) is 17.0. The lowest BCUT2D eigenvalue weighted by Crippen LogP contribution is -2.44. The minimum atomic E-state index is -4.03. The van der Waals surface area contributed by atoms with Crippen LogP contribution in [0.2, 0.25) is 0 Å². The molecule has 1 aromatic heterocycles. The van der Waals surface area contributed by atoms with E-state index in [1.54, 1.807) is 75.4 Å². The van der Waals surface area contributed by atoms with Gasteiger partial charge in [-0.25, -0.2) is 8.42 Å². The number of aliphatic carboxylic acids is 1. The lowest BCUT2D eigenvalue weighted by molar-refractivity contribution is -0.140. The van der Waals surface area contributed by atoms with Gasteiger partial charge >= 0.3 is 5.97 Å². The van der Waals surface area contributed by atoms with Crippen molar-refractivity contribution in [1.82, 2.24) is 14.9 Å². The number of nitrogens with one attached hydrogen (secondary N) is 3. The van der Waals surface area contributed by atoms with Crippen LogP contribution in [0.4, 0.5) is 5.69 Å². The second-order valence-electron chi connectivity index (χ2n) is 11.2. The Kier molecular flexibility index (Phi) is 12.9. The maximum Gasteiger partial charge on any atom is 0.322 e. The number of fused-ring (bicyclic) bond motifs is 1. The van der Waals surface area contributed by atoms with Crippen LogP contribution >= 0.6 is 0 Å². The van der Waals surface area contributed by atoms with E-state index in [-0.39, 0.29) is 16.6 Å². The van der Waals surface area contributed by atoms with E-state index in [1.165, 1.54) is 38.8 Å². The number of nitrogens with zero attached hydrogens (tertiary/aromatic N) is 1. The third-order valence-corrected chi connectivity index (χ3v) is 9.29. The Hall–Kier alpha value is -4.52. The molecule has 0 spiro atoms. The van der Waals surface area contributed by atoms with Crippen molar-refractivity contribution in [1.29, 1.82) is 0 Å². The SMILES string of the molecule is CCN(CC)CC.CNC(=O)c1cccc2oc(C(=O)Nc3ccc(-c4ccc(S(=O)(=O)N[C@H](C(=O)O)C(C)C)cc4)cc3)c(C)c12. The van der Waals surface area contributed by atoms with Gasteiger partial charge in [0.15, 0.2) is 5.76 Å². The largest absolute Gasteiger partial charge is 0.480 e. The van der Waals surface area contributed by atoms with Gasteiger partial charge < -0.3 is 25.1 Å². The Morgan fingerprint density at radius 2 is 1.40 bits per heavy atom. The van der Waals surface area contributed by atoms with Gasteiger partial charge in [-0.2, -0.15) is 4.72 Å². The van der Waals surface area contributed by atoms with Crippen LogP contribution in [0.15, 0.2) is 76.0 Å². The molecule has 47 heavy (non-hydrogen) atoms. The van der Waals surface area contributed by atoms with E-state index in [9.17, 15) is 27.9 Å². The number of furan rings is 1. The number of rotatable bonds is 12. The van der Waals surface area contributed by atoms with Crippen LogP contribution in [-0.2, 0) is 14.8 Å². The lowest BCUT2D eigenvalue weighted by atomic mass is 10.0. The molecule has 4 rings (SSSR count). The first-order chi connectivity index (χ1) is 22.3. The van der Waals surface area contributed by atoms with Crippen LogP contribution in [0.5, 0.6) is 0 Å². The Balaban J connectivity index is 0.000000771. The Labute approximate surface area is 276 Å². The summed E-state index contributed by atoms with van der Waals surface area (Å²) in [5.41, 5.74) is 3.41. The van der Waals surface area contributed by atoms with Crippen molar-refractivity contribution in [2.45, 2.75) is 52.5 Å². The Morgan fingerprint density at radius 1 is 0.851 bits per heavy atom. The zero-order chi connectivity index (χ0) is 34.9. The quantitative estimate of drug-likeness (QED) is 0.149. The van der Waals surface area contributed by atoms with Crippen molar-refractivity contribution in [3.05, 3.63) is 83.6 Å². The molecule has 4 N–H and O–H groups in total. The van der Waals surface area contributed by atoms with Gasteiger partial charge in [-0.05, 0) is 80.0 Å². The number of carboxylic acid groups (broad SMARTS) is 1. The highest BCUT2D eigenvalue weighted by Crippen LogP contribution is 2.30. The first-order valence-electron chi connectivity index (χ1n) is 15.5. The van der Waals surface area contributed by atoms with E-state index in [0.29, 0.717) is 27.8 Å². The summed E-state index contributed by atoms with van der Waals surface area (Å²) in [6, 6.07) is 16.8. The van der Waals surface area contributed by atoms with Crippen molar-refractivity contribution >= 4 is 44.5 Å². The van der Waals surface area contributed by atoms with E-state index in [0.717, 1.165) is 11.1 Å². The van der Waals surface area contributed by atoms with Crippen LogP contribution in [0.1, 0.15) is 61.1 Å². The molecule has 0 aliphatic heterocycles.